The van der Waals surface area contributed by atoms with Crippen LogP contribution in [0, 0.1) is 0 Å². The van der Waals surface area contributed by atoms with Gasteiger partial charge in [0.1, 0.15) is 0 Å². The predicted molar refractivity (Wildman–Crippen MR) is 52.8 cm³/mol. The minimum atomic E-state index is -2.61. The van der Waals surface area contributed by atoms with Crippen LogP contribution in [-0.4, -0.2) is 69.1 Å². The molecule has 1 rings (SSSR count). The van der Waals surface area contributed by atoms with E-state index in [-0.39, 0.29) is 13.1 Å². The number of rotatable bonds is 5. The third-order valence-corrected chi connectivity index (χ3v) is 2.56. The van der Waals surface area contributed by atoms with Crippen molar-refractivity contribution in [2.45, 2.75) is 12.0 Å². The predicted octanol–water partition coefficient (Wildman–Crippen LogP) is 0.0869. The van der Waals surface area contributed by atoms with Crippen molar-refractivity contribution < 1.29 is 8.78 Å². The van der Waals surface area contributed by atoms with Crippen LogP contribution < -0.4 is 5.32 Å². The normalized spacial score (nSPS) is 20.1. The molecule has 0 bridgehead atoms. The smallest absolute Gasteiger partial charge is 0.272 e. The fourth-order valence-electron chi connectivity index (χ4n) is 1.64. The Kier molecular flexibility index (Phi) is 3.80. The van der Waals surface area contributed by atoms with E-state index >= 15 is 0 Å². The van der Waals surface area contributed by atoms with Gasteiger partial charge >= 0.3 is 0 Å². The van der Waals surface area contributed by atoms with Gasteiger partial charge in [-0.1, -0.05) is 0 Å². The molecule has 3 nitrogen and oxygen atoms in total. The van der Waals surface area contributed by atoms with Gasteiger partial charge < -0.3 is 10.2 Å². The summed E-state index contributed by atoms with van der Waals surface area (Å²) in [5, 5.41) is 2.51. The lowest BCUT2D eigenvalue weighted by atomic mass is 10.1. The van der Waals surface area contributed by atoms with Crippen molar-refractivity contribution in [3.05, 3.63) is 0 Å². The van der Waals surface area contributed by atoms with Crippen LogP contribution in [0.25, 0.3) is 0 Å². The van der Waals surface area contributed by atoms with Gasteiger partial charge in [-0.05, 0) is 21.1 Å². The van der Waals surface area contributed by atoms with Crippen molar-refractivity contribution in [1.82, 2.24) is 15.1 Å². The fourth-order valence-corrected chi connectivity index (χ4v) is 1.64. The van der Waals surface area contributed by atoms with E-state index < -0.39 is 5.92 Å². The van der Waals surface area contributed by atoms with Gasteiger partial charge in [0, 0.05) is 19.1 Å². The summed E-state index contributed by atoms with van der Waals surface area (Å²) in [4.78, 5) is 3.87. The number of likely N-dealkylation sites (tertiary alicyclic amines) is 1. The van der Waals surface area contributed by atoms with Gasteiger partial charge in [0.15, 0.2) is 0 Å². The van der Waals surface area contributed by atoms with E-state index in [1.807, 2.05) is 14.1 Å². The molecule has 84 valence electrons. The van der Waals surface area contributed by atoms with Gasteiger partial charge in [-0.25, -0.2) is 8.78 Å². The number of halogens is 2. The van der Waals surface area contributed by atoms with Crippen LogP contribution in [-0.2, 0) is 0 Å². The summed E-state index contributed by atoms with van der Waals surface area (Å²) in [5.74, 6) is -2.61. The van der Waals surface area contributed by atoms with Crippen molar-refractivity contribution in [2.75, 3.05) is 47.3 Å². The van der Waals surface area contributed by atoms with E-state index in [0.717, 1.165) is 13.1 Å². The molecule has 1 aliphatic rings. The van der Waals surface area contributed by atoms with Crippen LogP contribution in [0.4, 0.5) is 8.78 Å². The molecular weight excluding hydrogens is 188 g/mol. The highest BCUT2D eigenvalue weighted by molar-refractivity contribution is 4.88. The standard InChI is InChI=1S/C9H19F2N3/c1-12-6-9(10,11)7-14-4-8(5-14)13(2)3/h8,12H,4-7H2,1-3H3. The summed E-state index contributed by atoms with van der Waals surface area (Å²) in [6, 6.07) is 0.445. The van der Waals surface area contributed by atoms with E-state index in [4.69, 9.17) is 0 Å². The highest BCUT2D eigenvalue weighted by atomic mass is 19.3. The Balaban J connectivity index is 2.22. The van der Waals surface area contributed by atoms with E-state index in [1.165, 1.54) is 0 Å². The summed E-state index contributed by atoms with van der Waals surface area (Å²) >= 11 is 0. The maximum atomic E-state index is 13.1. The lowest BCUT2D eigenvalue weighted by Crippen LogP contribution is -2.60. The zero-order valence-electron chi connectivity index (χ0n) is 9.06. The number of nitrogens with zero attached hydrogens (tertiary/aromatic N) is 2. The molecular formula is C9H19F2N3. The van der Waals surface area contributed by atoms with E-state index in [1.54, 1.807) is 11.9 Å². The van der Waals surface area contributed by atoms with Crippen molar-refractivity contribution in [3.63, 3.8) is 0 Å². The largest absolute Gasteiger partial charge is 0.314 e. The Labute approximate surface area is 84.1 Å². The molecule has 1 saturated heterocycles. The van der Waals surface area contributed by atoms with Crippen LogP contribution in [0.5, 0.6) is 0 Å². The Morgan fingerprint density at radius 2 is 2.00 bits per heavy atom. The zero-order chi connectivity index (χ0) is 10.8. The second-order valence-electron chi connectivity index (χ2n) is 4.20. The molecule has 14 heavy (non-hydrogen) atoms. The molecule has 0 aliphatic carbocycles. The monoisotopic (exact) mass is 207 g/mol. The molecule has 1 N–H and O–H groups in total. The summed E-state index contributed by atoms with van der Waals surface area (Å²) < 4.78 is 26.2. The quantitative estimate of drug-likeness (QED) is 0.689. The molecule has 0 aromatic carbocycles. The third kappa shape index (κ3) is 3.15. The zero-order valence-corrected chi connectivity index (χ0v) is 9.06. The van der Waals surface area contributed by atoms with Gasteiger partial charge in [0.05, 0.1) is 13.1 Å². The second kappa shape index (κ2) is 4.51. The number of hydrogen-bond acceptors (Lipinski definition) is 3. The molecule has 1 heterocycles. The maximum absolute atomic E-state index is 13.1. The summed E-state index contributed by atoms with van der Waals surface area (Å²) in [5.41, 5.74) is 0. The van der Waals surface area contributed by atoms with Crippen LogP contribution >= 0.6 is 0 Å². The number of hydrogen-bond donors (Lipinski definition) is 1. The van der Waals surface area contributed by atoms with Crippen molar-refractivity contribution >= 4 is 0 Å². The number of likely N-dealkylation sites (N-methyl/N-ethyl adjacent to an activating group) is 1. The first kappa shape index (κ1) is 11.8. The maximum Gasteiger partial charge on any atom is 0.272 e. The first-order chi connectivity index (χ1) is 6.44. The molecule has 0 unspecified atom stereocenters. The van der Waals surface area contributed by atoms with Gasteiger partial charge in [-0.3, -0.25) is 4.90 Å². The number of alkyl halides is 2. The molecule has 5 heteroatoms. The van der Waals surface area contributed by atoms with Crippen LogP contribution in [0.2, 0.25) is 0 Å². The lowest BCUT2D eigenvalue weighted by molar-refractivity contribution is -0.0613. The molecule has 0 amide bonds. The molecule has 1 aliphatic heterocycles. The minimum Gasteiger partial charge on any atom is -0.314 e. The Morgan fingerprint density at radius 3 is 2.43 bits per heavy atom. The molecule has 1 fully saturated rings. The van der Waals surface area contributed by atoms with Crippen LogP contribution in [0.3, 0.4) is 0 Å². The topological polar surface area (TPSA) is 18.5 Å². The molecule has 0 saturated carbocycles. The van der Waals surface area contributed by atoms with Gasteiger partial charge in [-0.15, -0.1) is 0 Å². The summed E-state index contributed by atoms with van der Waals surface area (Å²) in [6.07, 6.45) is 0. The molecule has 0 atom stereocenters. The molecule has 0 aromatic rings. The Bertz CT molecular complexity index is 179. The summed E-state index contributed by atoms with van der Waals surface area (Å²) in [7, 11) is 5.51. The highest BCUT2D eigenvalue weighted by Gasteiger charge is 2.37. The molecule has 0 spiro atoms. The SMILES string of the molecule is CNCC(F)(F)CN1CC(N(C)C)C1. The van der Waals surface area contributed by atoms with E-state index in [9.17, 15) is 8.78 Å². The van der Waals surface area contributed by atoms with E-state index in [0.29, 0.717) is 6.04 Å². The van der Waals surface area contributed by atoms with Crippen molar-refractivity contribution in [3.8, 4) is 0 Å². The fraction of sp³-hybridized carbons (Fsp3) is 1.00. The van der Waals surface area contributed by atoms with Gasteiger partial charge in [0.25, 0.3) is 5.92 Å². The van der Waals surface area contributed by atoms with Crippen molar-refractivity contribution in [1.29, 1.82) is 0 Å². The van der Waals surface area contributed by atoms with Gasteiger partial charge in [-0.2, -0.15) is 0 Å². The first-order valence-electron chi connectivity index (χ1n) is 4.86. The number of nitrogens with one attached hydrogen (secondary N) is 1. The van der Waals surface area contributed by atoms with E-state index in [2.05, 4.69) is 10.2 Å². The Morgan fingerprint density at radius 1 is 1.43 bits per heavy atom. The molecule has 0 radical (unpaired) electrons. The first-order valence-corrected chi connectivity index (χ1v) is 4.86. The van der Waals surface area contributed by atoms with Crippen LogP contribution in [0.1, 0.15) is 0 Å². The minimum absolute atomic E-state index is 0.127. The second-order valence-corrected chi connectivity index (χ2v) is 4.20. The third-order valence-electron chi connectivity index (χ3n) is 2.56. The van der Waals surface area contributed by atoms with Gasteiger partial charge in [0.2, 0.25) is 0 Å². The van der Waals surface area contributed by atoms with Crippen LogP contribution in [0.15, 0.2) is 0 Å². The average Bonchev–Trinajstić information content (AvgIpc) is 1.95. The Hall–Kier alpha value is -0.260. The van der Waals surface area contributed by atoms with Crippen molar-refractivity contribution in [2.24, 2.45) is 0 Å². The summed E-state index contributed by atoms with van der Waals surface area (Å²) in [6.45, 7) is 1.15. The average molecular weight is 207 g/mol. The lowest BCUT2D eigenvalue weighted by Gasteiger charge is -2.44. The molecule has 0 aromatic heterocycles. The highest BCUT2D eigenvalue weighted by Crippen LogP contribution is 2.19.